The molecule has 0 aliphatic carbocycles. The summed E-state index contributed by atoms with van der Waals surface area (Å²) in [6.07, 6.45) is 0. The van der Waals surface area contributed by atoms with Crippen molar-refractivity contribution in [1.82, 2.24) is 9.88 Å². The van der Waals surface area contributed by atoms with Gasteiger partial charge in [-0.3, -0.25) is 0 Å². The van der Waals surface area contributed by atoms with Gasteiger partial charge < -0.3 is 15.0 Å². The molecule has 0 amide bonds. The van der Waals surface area contributed by atoms with Crippen LogP contribution in [0.1, 0.15) is 32.1 Å². The first-order chi connectivity index (χ1) is 13.6. The first-order valence-electron chi connectivity index (χ1n) is 9.25. The van der Waals surface area contributed by atoms with Gasteiger partial charge in [0, 0.05) is 41.0 Å². The van der Waals surface area contributed by atoms with Crippen molar-refractivity contribution in [2.45, 2.75) is 26.6 Å². The largest absolute Gasteiger partial charge is 0.477 e. The zero-order chi connectivity index (χ0) is 19.5. The lowest BCUT2D eigenvalue weighted by atomic mass is 10.1. The molecule has 0 fully saturated rings. The van der Waals surface area contributed by atoms with Gasteiger partial charge in [-0.2, -0.15) is 0 Å². The van der Waals surface area contributed by atoms with E-state index in [2.05, 4.69) is 42.6 Å². The summed E-state index contributed by atoms with van der Waals surface area (Å²) in [5, 5.41) is 16.5. The lowest BCUT2D eigenvalue weighted by Crippen LogP contribution is -2.16. The summed E-state index contributed by atoms with van der Waals surface area (Å²) >= 11 is 1.70. The van der Waals surface area contributed by atoms with Gasteiger partial charge in [-0.05, 0) is 30.0 Å². The number of nitrogens with one attached hydrogen (secondary N) is 1. The fourth-order valence-corrected chi connectivity index (χ4v) is 4.24. The average Bonchev–Trinajstić information content (AvgIpc) is 3.31. The Morgan fingerprint density at radius 1 is 1.04 bits per heavy atom. The number of aryl methyl sites for hydroxylation is 1. The number of thiophene rings is 1. The van der Waals surface area contributed by atoms with Gasteiger partial charge in [0.15, 0.2) is 0 Å². The summed E-state index contributed by atoms with van der Waals surface area (Å²) in [6, 6.07) is 20.3. The number of carboxylic acid groups (broad SMARTS) is 1. The highest BCUT2D eigenvalue weighted by Gasteiger charge is 2.22. The molecule has 0 unspecified atom stereocenters. The van der Waals surface area contributed by atoms with Gasteiger partial charge in [-0.1, -0.05) is 54.1 Å². The molecular weight excluding hydrogens is 368 g/mol. The molecule has 5 heteroatoms. The molecule has 2 aromatic heterocycles. The Hall–Kier alpha value is -2.89. The zero-order valence-electron chi connectivity index (χ0n) is 15.7. The summed E-state index contributed by atoms with van der Waals surface area (Å²) in [4.78, 5) is 13.4. The standard InChI is InChI=1S/C23H22N2O2S/c1-16-8-10-17(11-9-16)15-25-21-7-3-2-6-19(21)20(22(25)23(26)27)14-24-13-18-5-4-12-28-18/h2-12,24H,13-15H2,1H3,(H,26,27). The van der Waals surface area contributed by atoms with Crippen molar-refractivity contribution >= 4 is 28.2 Å². The Kier molecular flexibility index (Phi) is 5.28. The summed E-state index contributed by atoms with van der Waals surface area (Å²) in [7, 11) is 0. The van der Waals surface area contributed by atoms with E-state index in [-0.39, 0.29) is 0 Å². The van der Waals surface area contributed by atoms with Crippen LogP contribution in [0.2, 0.25) is 0 Å². The molecule has 0 spiro atoms. The van der Waals surface area contributed by atoms with Crippen LogP contribution in [0.4, 0.5) is 0 Å². The van der Waals surface area contributed by atoms with E-state index in [1.54, 1.807) is 11.3 Å². The van der Waals surface area contributed by atoms with Crippen LogP contribution in [0.3, 0.4) is 0 Å². The van der Waals surface area contributed by atoms with Gasteiger partial charge in [0.25, 0.3) is 0 Å². The number of aromatic carboxylic acids is 1. The van der Waals surface area contributed by atoms with Crippen LogP contribution in [0.25, 0.3) is 10.9 Å². The monoisotopic (exact) mass is 390 g/mol. The molecule has 2 aromatic carbocycles. The summed E-state index contributed by atoms with van der Waals surface area (Å²) in [6.45, 7) is 3.83. The van der Waals surface area contributed by atoms with Crippen molar-refractivity contribution in [3.8, 4) is 0 Å². The third-order valence-corrected chi connectivity index (χ3v) is 5.80. The predicted octanol–water partition coefficient (Wildman–Crippen LogP) is 5.05. The fraction of sp³-hybridized carbons (Fsp3) is 0.174. The SMILES string of the molecule is Cc1ccc(Cn2c(C(=O)O)c(CNCc3cccs3)c3ccccc32)cc1. The number of carbonyl (C=O) groups is 1. The van der Waals surface area contributed by atoms with Gasteiger partial charge in [0.1, 0.15) is 5.69 Å². The molecule has 2 N–H and O–H groups in total. The molecule has 4 rings (SSSR count). The Bertz CT molecular complexity index is 1100. The number of nitrogens with zero attached hydrogens (tertiary/aromatic N) is 1. The minimum Gasteiger partial charge on any atom is -0.477 e. The van der Waals surface area contributed by atoms with Crippen LogP contribution in [0.5, 0.6) is 0 Å². The van der Waals surface area contributed by atoms with Gasteiger partial charge in [0.05, 0.1) is 0 Å². The van der Waals surface area contributed by atoms with Crippen molar-refractivity contribution in [3.63, 3.8) is 0 Å². The van der Waals surface area contributed by atoms with E-state index in [9.17, 15) is 9.90 Å². The number of benzene rings is 2. The second-order valence-corrected chi connectivity index (χ2v) is 7.94. The van der Waals surface area contributed by atoms with E-state index in [4.69, 9.17) is 0 Å². The minimum absolute atomic E-state index is 0.362. The second-order valence-electron chi connectivity index (χ2n) is 6.90. The molecule has 4 aromatic rings. The molecule has 0 aliphatic rings. The molecule has 0 bridgehead atoms. The summed E-state index contributed by atoms with van der Waals surface area (Å²) in [5.41, 5.74) is 4.44. The van der Waals surface area contributed by atoms with E-state index in [0.29, 0.717) is 18.8 Å². The third kappa shape index (κ3) is 3.72. The first kappa shape index (κ1) is 18.5. The summed E-state index contributed by atoms with van der Waals surface area (Å²) in [5.74, 6) is -0.892. The molecule has 0 atom stereocenters. The molecule has 0 saturated heterocycles. The van der Waals surface area contributed by atoms with Crippen molar-refractivity contribution in [2.24, 2.45) is 0 Å². The minimum atomic E-state index is -0.892. The Labute approximate surface area is 168 Å². The van der Waals surface area contributed by atoms with Crippen molar-refractivity contribution in [2.75, 3.05) is 0 Å². The smallest absolute Gasteiger partial charge is 0.352 e. The van der Waals surface area contributed by atoms with Crippen LogP contribution >= 0.6 is 11.3 Å². The number of aromatic nitrogens is 1. The van der Waals surface area contributed by atoms with Gasteiger partial charge in [0.2, 0.25) is 0 Å². The quantitative estimate of drug-likeness (QED) is 0.464. The molecule has 0 aliphatic heterocycles. The Morgan fingerprint density at radius 3 is 2.54 bits per heavy atom. The number of rotatable bonds is 7. The zero-order valence-corrected chi connectivity index (χ0v) is 16.5. The summed E-state index contributed by atoms with van der Waals surface area (Å²) < 4.78 is 1.92. The van der Waals surface area contributed by atoms with Crippen LogP contribution in [0.15, 0.2) is 66.0 Å². The fourth-order valence-electron chi connectivity index (χ4n) is 3.56. The van der Waals surface area contributed by atoms with Crippen molar-refractivity contribution in [1.29, 1.82) is 0 Å². The highest BCUT2D eigenvalue weighted by molar-refractivity contribution is 7.09. The third-order valence-electron chi connectivity index (χ3n) is 4.92. The highest BCUT2D eigenvalue weighted by atomic mass is 32.1. The molecular formula is C23H22N2O2S. The van der Waals surface area contributed by atoms with E-state index in [1.165, 1.54) is 10.4 Å². The maximum Gasteiger partial charge on any atom is 0.352 e. The number of para-hydroxylation sites is 1. The first-order valence-corrected chi connectivity index (χ1v) is 10.1. The predicted molar refractivity (Wildman–Crippen MR) is 114 cm³/mol. The molecule has 2 heterocycles. The molecule has 28 heavy (non-hydrogen) atoms. The second kappa shape index (κ2) is 8.00. The van der Waals surface area contributed by atoms with Gasteiger partial charge in [-0.15, -0.1) is 11.3 Å². The van der Waals surface area contributed by atoms with Crippen molar-refractivity contribution < 1.29 is 9.90 Å². The highest BCUT2D eigenvalue weighted by Crippen LogP contribution is 2.28. The maximum atomic E-state index is 12.2. The molecule has 0 radical (unpaired) electrons. The number of hydrogen-bond donors (Lipinski definition) is 2. The topological polar surface area (TPSA) is 54.3 Å². The molecule has 0 saturated carbocycles. The van der Waals surface area contributed by atoms with Crippen LogP contribution in [-0.4, -0.2) is 15.6 Å². The number of fused-ring (bicyclic) bond motifs is 1. The van der Waals surface area contributed by atoms with Crippen molar-refractivity contribution in [3.05, 3.63) is 93.3 Å². The molecule has 142 valence electrons. The molecule has 4 nitrogen and oxygen atoms in total. The van der Waals surface area contributed by atoms with Crippen LogP contribution in [0, 0.1) is 6.92 Å². The van der Waals surface area contributed by atoms with E-state index in [1.807, 2.05) is 40.3 Å². The van der Waals surface area contributed by atoms with E-state index in [0.717, 1.165) is 28.6 Å². The normalized spacial score (nSPS) is 11.2. The number of hydrogen-bond acceptors (Lipinski definition) is 3. The van der Waals surface area contributed by atoms with Gasteiger partial charge >= 0.3 is 5.97 Å². The van der Waals surface area contributed by atoms with E-state index < -0.39 is 5.97 Å². The van der Waals surface area contributed by atoms with E-state index >= 15 is 0 Å². The van der Waals surface area contributed by atoms with Gasteiger partial charge in [-0.25, -0.2) is 4.79 Å². The lowest BCUT2D eigenvalue weighted by Gasteiger charge is -2.10. The lowest BCUT2D eigenvalue weighted by molar-refractivity contribution is 0.0685. The number of carboxylic acids is 1. The van der Waals surface area contributed by atoms with Crippen LogP contribution in [-0.2, 0) is 19.6 Å². The Morgan fingerprint density at radius 2 is 1.82 bits per heavy atom. The Balaban J connectivity index is 1.72. The maximum absolute atomic E-state index is 12.2. The van der Waals surface area contributed by atoms with Crippen LogP contribution < -0.4 is 5.32 Å². The average molecular weight is 391 g/mol.